The number of hydrogen-bond donors (Lipinski definition) is 2. The molecule has 1 fully saturated rings. The van der Waals surface area contributed by atoms with E-state index >= 15 is 0 Å². The molecule has 1 saturated heterocycles. The average molecular weight is 723 g/mol. The van der Waals surface area contributed by atoms with Crippen molar-refractivity contribution in [1.29, 1.82) is 5.26 Å². The van der Waals surface area contributed by atoms with E-state index in [1.54, 1.807) is 23.4 Å². The molecular formula is C37H30Cl2FN9O2. The zero-order chi connectivity index (χ0) is 35.3. The first-order chi connectivity index (χ1) is 24.9. The normalized spacial score (nSPS) is 13.8. The van der Waals surface area contributed by atoms with Crippen LogP contribution in [0.15, 0.2) is 97.6 Å². The maximum atomic E-state index is 13.9. The average Bonchev–Trinajstić information content (AvgIpc) is 3.65. The number of fused-ring (bicyclic) bond motifs is 1. The molecule has 1 unspecified atom stereocenters. The van der Waals surface area contributed by atoms with Crippen LogP contribution in [0, 0.1) is 17.1 Å². The molecule has 0 aliphatic carbocycles. The zero-order valence-corrected chi connectivity index (χ0v) is 28.5. The Kier molecular flexibility index (Phi) is 9.92. The van der Waals surface area contributed by atoms with Crippen LogP contribution in [0.1, 0.15) is 47.3 Å². The van der Waals surface area contributed by atoms with E-state index in [-0.39, 0.29) is 29.3 Å². The second-order valence-electron chi connectivity index (χ2n) is 12.0. The lowest BCUT2D eigenvalue weighted by atomic mass is 10.0. The van der Waals surface area contributed by atoms with Crippen molar-refractivity contribution in [3.8, 4) is 6.07 Å². The first-order valence-electron chi connectivity index (χ1n) is 16.1. The number of carbonyl (C=O) groups is 1. The van der Waals surface area contributed by atoms with E-state index in [4.69, 9.17) is 27.9 Å². The van der Waals surface area contributed by atoms with Crippen molar-refractivity contribution < 1.29 is 13.9 Å². The van der Waals surface area contributed by atoms with Crippen molar-refractivity contribution >= 4 is 57.3 Å². The van der Waals surface area contributed by atoms with Gasteiger partial charge in [-0.25, -0.2) is 13.9 Å². The lowest BCUT2D eigenvalue weighted by Crippen LogP contribution is -2.39. The van der Waals surface area contributed by atoms with Gasteiger partial charge in [0.05, 0.1) is 45.1 Å². The predicted molar refractivity (Wildman–Crippen MR) is 192 cm³/mol. The molecule has 0 saturated carbocycles. The predicted octanol–water partition coefficient (Wildman–Crippen LogP) is 8.46. The first kappa shape index (κ1) is 33.7. The van der Waals surface area contributed by atoms with E-state index in [1.807, 2.05) is 59.4 Å². The minimum atomic E-state index is -0.556. The highest BCUT2D eigenvalue weighted by Crippen LogP contribution is 2.37. The highest BCUT2D eigenvalue weighted by molar-refractivity contribution is 6.36. The molecule has 11 nitrogen and oxygen atoms in total. The number of nitrogens with zero attached hydrogens (tertiary/aromatic N) is 7. The number of piperidine rings is 1. The number of nitrogens with one attached hydrogen (secondary N) is 2. The van der Waals surface area contributed by atoms with Crippen LogP contribution in [0.25, 0.3) is 10.9 Å². The summed E-state index contributed by atoms with van der Waals surface area (Å²) in [6.45, 7) is 1.30. The molecule has 14 heteroatoms. The summed E-state index contributed by atoms with van der Waals surface area (Å²) < 4.78 is 21.3. The Labute approximate surface area is 302 Å². The maximum absolute atomic E-state index is 13.9. The van der Waals surface area contributed by atoms with Gasteiger partial charge in [0.2, 0.25) is 0 Å². The number of nitriles is 1. The van der Waals surface area contributed by atoms with Crippen LogP contribution in [0.4, 0.5) is 26.2 Å². The number of halogens is 3. The fraction of sp³-hybridized carbons (Fsp3) is 0.189. The third kappa shape index (κ3) is 7.55. The monoisotopic (exact) mass is 721 g/mol. The molecule has 1 aliphatic rings. The Balaban J connectivity index is 1.12. The van der Waals surface area contributed by atoms with E-state index in [1.165, 1.54) is 24.4 Å². The van der Waals surface area contributed by atoms with Crippen molar-refractivity contribution in [1.82, 2.24) is 29.9 Å². The van der Waals surface area contributed by atoms with Crippen molar-refractivity contribution in [2.75, 3.05) is 23.7 Å². The molecular weight excluding hydrogens is 692 g/mol. The van der Waals surface area contributed by atoms with E-state index in [0.29, 0.717) is 64.6 Å². The van der Waals surface area contributed by atoms with Gasteiger partial charge in [0.25, 0.3) is 0 Å². The number of carbonyl (C=O) groups excluding carboxylic acids is 1. The quantitative estimate of drug-likeness (QED) is 0.151. The number of benzene rings is 3. The van der Waals surface area contributed by atoms with Gasteiger partial charge in [-0.1, -0.05) is 64.8 Å². The molecule has 4 heterocycles. The summed E-state index contributed by atoms with van der Waals surface area (Å²) in [5, 5.41) is 26.6. The van der Waals surface area contributed by atoms with Gasteiger partial charge >= 0.3 is 6.09 Å². The molecule has 1 aliphatic heterocycles. The molecule has 256 valence electrons. The van der Waals surface area contributed by atoms with Gasteiger partial charge in [0.1, 0.15) is 24.2 Å². The number of hydrogen-bond acceptors (Lipinski definition) is 9. The van der Waals surface area contributed by atoms with Gasteiger partial charge < -0.3 is 20.3 Å². The van der Waals surface area contributed by atoms with E-state index in [0.717, 1.165) is 11.1 Å². The van der Waals surface area contributed by atoms with Crippen LogP contribution in [0.2, 0.25) is 10.0 Å². The number of anilines is 3. The molecule has 3 aromatic carbocycles. The van der Waals surface area contributed by atoms with Gasteiger partial charge in [-0.3, -0.25) is 9.97 Å². The molecule has 1 atom stereocenters. The van der Waals surface area contributed by atoms with Gasteiger partial charge in [0, 0.05) is 48.4 Å². The molecule has 7 rings (SSSR count). The number of likely N-dealkylation sites (tertiary alicyclic amines) is 1. The van der Waals surface area contributed by atoms with Gasteiger partial charge in [-0.05, 0) is 60.4 Å². The molecule has 6 aromatic rings. The van der Waals surface area contributed by atoms with Crippen LogP contribution < -0.4 is 10.6 Å². The van der Waals surface area contributed by atoms with E-state index in [2.05, 4.69) is 37.0 Å². The Morgan fingerprint density at radius 1 is 1.02 bits per heavy atom. The standard InChI is InChI=1S/C37H30Cl2FN9O2/c38-30-16-26(8-9-32(30)40)44-34-25(18-41)20-43-36-29(34)15-27(17-31(36)39)45-35(24-7-4-12-42-19-24)33-21-49(47-46-33)28-10-13-48(14-11-28)37(50)51-22-23-5-2-1-3-6-23/h1-9,12,15-17,19-21,28,35,45H,10-11,13-14,22H2,(H,43,44). The molecule has 2 N–H and O–H groups in total. The summed E-state index contributed by atoms with van der Waals surface area (Å²) >= 11 is 12.8. The van der Waals surface area contributed by atoms with E-state index in [9.17, 15) is 14.4 Å². The Morgan fingerprint density at radius 3 is 2.57 bits per heavy atom. The van der Waals surface area contributed by atoms with Crippen molar-refractivity contribution in [3.05, 3.63) is 136 Å². The second kappa shape index (κ2) is 15.0. The van der Waals surface area contributed by atoms with Crippen LogP contribution >= 0.6 is 23.2 Å². The molecule has 51 heavy (non-hydrogen) atoms. The summed E-state index contributed by atoms with van der Waals surface area (Å²) in [5.41, 5.74) is 4.70. The topological polar surface area (TPSA) is 134 Å². The van der Waals surface area contributed by atoms with Crippen molar-refractivity contribution in [3.63, 3.8) is 0 Å². The number of pyridine rings is 2. The molecule has 1 amide bonds. The minimum Gasteiger partial charge on any atom is -0.445 e. The maximum Gasteiger partial charge on any atom is 0.410 e. The number of rotatable bonds is 9. The number of aromatic nitrogens is 5. The second-order valence-corrected chi connectivity index (χ2v) is 12.8. The van der Waals surface area contributed by atoms with Crippen molar-refractivity contribution in [2.24, 2.45) is 0 Å². The molecule has 3 aromatic heterocycles. The van der Waals surface area contributed by atoms with Gasteiger partial charge in [-0.2, -0.15) is 5.26 Å². The molecule has 0 radical (unpaired) electrons. The highest BCUT2D eigenvalue weighted by Gasteiger charge is 2.27. The Morgan fingerprint density at radius 2 is 1.82 bits per heavy atom. The first-order valence-corrected chi connectivity index (χ1v) is 16.9. The smallest absolute Gasteiger partial charge is 0.410 e. The lowest BCUT2D eigenvalue weighted by Gasteiger charge is -2.31. The summed E-state index contributed by atoms with van der Waals surface area (Å²) in [6.07, 6.45) is 7.83. The van der Waals surface area contributed by atoms with Crippen LogP contribution in [-0.4, -0.2) is 49.0 Å². The number of ether oxygens (including phenoxy) is 1. The number of amides is 1. The highest BCUT2D eigenvalue weighted by atomic mass is 35.5. The lowest BCUT2D eigenvalue weighted by molar-refractivity contribution is 0.0820. The van der Waals surface area contributed by atoms with E-state index < -0.39 is 11.9 Å². The Hall–Kier alpha value is -5.77. The van der Waals surface area contributed by atoms with Crippen molar-refractivity contribution in [2.45, 2.75) is 31.5 Å². The summed E-state index contributed by atoms with van der Waals surface area (Å²) in [7, 11) is 0. The van der Waals surface area contributed by atoms with Gasteiger partial charge in [0.15, 0.2) is 0 Å². The summed E-state index contributed by atoms with van der Waals surface area (Å²) in [4.78, 5) is 23.2. The minimum absolute atomic E-state index is 0.0400. The summed E-state index contributed by atoms with van der Waals surface area (Å²) in [6, 6.07) is 22.9. The fourth-order valence-corrected chi connectivity index (χ4v) is 6.50. The fourth-order valence-electron chi connectivity index (χ4n) is 6.05. The zero-order valence-electron chi connectivity index (χ0n) is 27.0. The van der Waals surface area contributed by atoms with Gasteiger partial charge in [-0.15, -0.1) is 5.10 Å². The molecule has 0 bridgehead atoms. The third-order valence-corrected chi connectivity index (χ3v) is 9.27. The van der Waals surface area contributed by atoms with Crippen LogP contribution in [-0.2, 0) is 11.3 Å². The third-order valence-electron chi connectivity index (χ3n) is 8.69. The SMILES string of the molecule is N#Cc1cnc2c(Cl)cc(NC(c3cccnc3)c3cn(C4CCN(C(=O)OCc5ccccc5)CC4)nn3)cc2c1Nc1ccc(F)c(Cl)c1. The van der Waals surface area contributed by atoms with Crippen LogP contribution in [0.5, 0.6) is 0 Å². The largest absolute Gasteiger partial charge is 0.445 e. The molecule has 0 spiro atoms. The van der Waals surface area contributed by atoms with Crippen LogP contribution in [0.3, 0.4) is 0 Å². The Bertz CT molecular complexity index is 2220. The summed E-state index contributed by atoms with van der Waals surface area (Å²) in [5.74, 6) is -0.556.